The summed E-state index contributed by atoms with van der Waals surface area (Å²) in [6.07, 6.45) is 0.724. The van der Waals surface area contributed by atoms with E-state index in [1.165, 1.54) is 0 Å². The summed E-state index contributed by atoms with van der Waals surface area (Å²) >= 11 is 0. The van der Waals surface area contributed by atoms with Gasteiger partial charge in [0.25, 0.3) is 11.7 Å². The number of carbonyl (C=O) groups is 2. The minimum absolute atomic E-state index is 0.115. The lowest BCUT2D eigenvalue weighted by atomic mass is 9.95. The number of aliphatic hydroxyl groups excluding tert-OH is 1. The molecular formula is C27H33N3O5. The minimum Gasteiger partial charge on any atom is -0.507 e. The van der Waals surface area contributed by atoms with Crippen LogP contribution in [0.25, 0.3) is 5.76 Å². The minimum atomic E-state index is -0.661. The molecule has 0 aliphatic carbocycles. The van der Waals surface area contributed by atoms with Gasteiger partial charge in [0.15, 0.2) is 0 Å². The average molecular weight is 480 g/mol. The fraction of sp³-hybridized carbons (Fsp3) is 0.407. The SMILES string of the molecule is COc1ccc(/C(O)=C2\C(=O)C(=O)N(CCCN3CCOCC3)[C@H]2c2ccc(N(C)C)cc2)cc1. The summed E-state index contributed by atoms with van der Waals surface area (Å²) in [7, 11) is 5.47. The Morgan fingerprint density at radius 1 is 1.03 bits per heavy atom. The topological polar surface area (TPSA) is 82.5 Å². The Morgan fingerprint density at radius 2 is 1.69 bits per heavy atom. The van der Waals surface area contributed by atoms with Gasteiger partial charge in [-0.25, -0.2) is 0 Å². The molecule has 2 aromatic carbocycles. The molecule has 35 heavy (non-hydrogen) atoms. The van der Waals surface area contributed by atoms with Crippen molar-refractivity contribution in [1.29, 1.82) is 0 Å². The van der Waals surface area contributed by atoms with Crippen LogP contribution < -0.4 is 9.64 Å². The van der Waals surface area contributed by atoms with Crippen molar-refractivity contribution in [3.63, 3.8) is 0 Å². The lowest BCUT2D eigenvalue weighted by molar-refractivity contribution is -0.140. The van der Waals surface area contributed by atoms with Gasteiger partial charge in [-0.3, -0.25) is 14.5 Å². The van der Waals surface area contributed by atoms with E-state index in [0.717, 1.165) is 37.3 Å². The predicted octanol–water partition coefficient (Wildman–Crippen LogP) is 2.91. The third-order valence-electron chi connectivity index (χ3n) is 6.61. The van der Waals surface area contributed by atoms with Crippen LogP contribution in [0.4, 0.5) is 5.69 Å². The average Bonchev–Trinajstić information content (AvgIpc) is 3.14. The normalized spacial score (nSPS) is 20.3. The summed E-state index contributed by atoms with van der Waals surface area (Å²) in [5.41, 5.74) is 2.38. The maximum Gasteiger partial charge on any atom is 0.295 e. The maximum absolute atomic E-state index is 13.2. The number of hydrogen-bond acceptors (Lipinski definition) is 7. The van der Waals surface area contributed by atoms with Gasteiger partial charge in [-0.2, -0.15) is 0 Å². The van der Waals surface area contributed by atoms with E-state index in [0.29, 0.717) is 31.1 Å². The predicted molar refractivity (Wildman–Crippen MR) is 135 cm³/mol. The number of hydrogen-bond donors (Lipinski definition) is 1. The fourth-order valence-corrected chi connectivity index (χ4v) is 4.61. The fourth-order valence-electron chi connectivity index (χ4n) is 4.61. The Kier molecular flexibility index (Phi) is 7.73. The highest BCUT2D eigenvalue weighted by molar-refractivity contribution is 6.46. The number of aliphatic hydroxyl groups is 1. The van der Waals surface area contributed by atoms with Gasteiger partial charge in [-0.15, -0.1) is 0 Å². The first kappa shape index (κ1) is 24.8. The number of Topliss-reactive ketones (excluding diaryl/α,β-unsaturated/α-hetero) is 1. The molecule has 1 N–H and O–H groups in total. The van der Waals surface area contributed by atoms with Gasteiger partial charge in [0.05, 0.1) is 31.9 Å². The molecular weight excluding hydrogens is 446 g/mol. The smallest absolute Gasteiger partial charge is 0.295 e. The summed E-state index contributed by atoms with van der Waals surface area (Å²) in [5, 5.41) is 11.2. The van der Waals surface area contributed by atoms with Gasteiger partial charge >= 0.3 is 0 Å². The van der Waals surface area contributed by atoms with Gasteiger partial charge in [-0.05, 0) is 48.4 Å². The lowest BCUT2D eigenvalue weighted by Gasteiger charge is -2.29. The van der Waals surface area contributed by atoms with Crippen LogP contribution in [0, 0.1) is 0 Å². The van der Waals surface area contributed by atoms with Gasteiger partial charge in [0, 0.05) is 51.5 Å². The molecule has 0 bridgehead atoms. The monoisotopic (exact) mass is 479 g/mol. The quantitative estimate of drug-likeness (QED) is 0.354. The van der Waals surface area contributed by atoms with E-state index in [-0.39, 0.29) is 11.3 Å². The van der Waals surface area contributed by atoms with E-state index < -0.39 is 17.7 Å². The summed E-state index contributed by atoms with van der Waals surface area (Å²) in [6, 6.07) is 13.9. The van der Waals surface area contributed by atoms with Gasteiger partial charge in [-0.1, -0.05) is 12.1 Å². The van der Waals surface area contributed by atoms with Crippen molar-refractivity contribution in [2.75, 3.05) is 65.5 Å². The number of amides is 1. The summed E-state index contributed by atoms with van der Waals surface area (Å²) < 4.78 is 10.6. The van der Waals surface area contributed by atoms with Crippen molar-refractivity contribution in [1.82, 2.24) is 9.80 Å². The van der Waals surface area contributed by atoms with E-state index in [1.54, 1.807) is 36.3 Å². The molecule has 4 rings (SSSR count). The number of ether oxygens (including phenoxy) is 2. The Balaban J connectivity index is 1.67. The third kappa shape index (κ3) is 5.33. The Hall–Kier alpha value is -3.36. The molecule has 2 saturated heterocycles. The van der Waals surface area contributed by atoms with Crippen molar-refractivity contribution in [2.24, 2.45) is 0 Å². The molecule has 8 heteroatoms. The number of morpholine rings is 1. The molecule has 2 aliphatic rings. The highest BCUT2D eigenvalue weighted by atomic mass is 16.5. The molecule has 0 aromatic heterocycles. The standard InChI is InChI=1S/C27H33N3O5/c1-28(2)21-9-5-19(6-10-21)24-23(25(31)20-7-11-22(34-3)12-8-20)26(32)27(33)30(24)14-4-13-29-15-17-35-18-16-29/h5-12,24,31H,4,13-18H2,1-3H3/b25-23+/t24-/m0/s1. The molecule has 2 aromatic rings. The second-order valence-electron chi connectivity index (χ2n) is 9.01. The number of ketones is 1. The molecule has 0 spiro atoms. The van der Waals surface area contributed by atoms with E-state index >= 15 is 0 Å². The van der Waals surface area contributed by atoms with Crippen molar-refractivity contribution in [2.45, 2.75) is 12.5 Å². The van der Waals surface area contributed by atoms with Crippen LogP contribution in [-0.4, -0.2) is 87.2 Å². The Labute approximate surface area is 206 Å². The van der Waals surface area contributed by atoms with E-state index in [4.69, 9.17) is 9.47 Å². The van der Waals surface area contributed by atoms with Crippen LogP contribution >= 0.6 is 0 Å². The molecule has 0 unspecified atom stereocenters. The van der Waals surface area contributed by atoms with Gasteiger partial charge < -0.3 is 24.4 Å². The van der Waals surface area contributed by atoms with Crippen LogP contribution in [0.3, 0.4) is 0 Å². The number of anilines is 1. The maximum atomic E-state index is 13.2. The third-order valence-corrected chi connectivity index (χ3v) is 6.61. The van der Waals surface area contributed by atoms with Crippen LogP contribution in [0.15, 0.2) is 54.1 Å². The molecule has 0 radical (unpaired) electrons. The van der Waals surface area contributed by atoms with E-state index in [1.807, 2.05) is 43.3 Å². The molecule has 8 nitrogen and oxygen atoms in total. The zero-order chi connectivity index (χ0) is 24.9. The summed E-state index contributed by atoms with van der Waals surface area (Å²) in [5.74, 6) is -0.778. The first-order valence-corrected chi connectivity index (χ1v) is 11.9. The molecule has 2 heterocycles. The number of likely N-dealkylation sites (tertiary alicyclic amines) is 1. The van der Waals surface area contributed by atoms with E-state index in [9.17, 15) is 14.7 Å². The van der Waals surface area contributed by atoms with Crippen molar-refractivity contribution >= 4 is 23.1 Å². The van der Waals surface area contributed by atoms with Crippen LogP contribution in [0.2, 0.25) is 0 Å². The first-order valence-electron chi connectivity index (χ1n) is 11.9. The number of nitrogens with zero attached hydrogens (tertiary/aromatic N) is 3. The molecule has 2 fully saturated rings. The number of benzene rings is 2. The van der Waals surface area contributed by atoms with Gasteiger partial charge in [0.1, 0.15) is 11.5 Å². The zero-order valence-electron chi connectivity index (χ0n) is 20.6. The highest BCUT2D eigenvalue weighted by Gasteiger charge is 2.45. The van der Waals surface area contributed by atoms with Gasteiger partial charge in [0.2, 0.25) is 0 Å². The summed E-state index contributed by atoms with van der Waals surface area (Å²) in [4.78, 5) is 32.3. The number of methoxy groups -OCH3 is 1. The second kappa shape index (κ2) is 10.9. The Morgan fingerprint density at radius 3 is 2.29 bits per heavy atom. The molecule has 1 atom stereocenters. The van der Waals surface area contributed by atoms with Crippen LogP contribution in [0.5, 0.6) is 5.75 Å². The Bertz CT molecular complexity index is 1070. The lowest BCUT2D eigenvalue weighted by Crippen LogP contribution is -2.38. The number of carbonyl (C=O) groups excluding carboxylic acids is 2. The first-order chi connectivity index (χ1) is 16.9. The van der Waals surface area contributed by atoms with Crippen molar-refractivity contribution in [3.05, 3.63) is 65.2 Å². The molecule has 2 aliphatic heterocycles. The largest absolute Gasteiger partial charge is 0.507 e. The van der Waals surface area contributed by atoms with Crippen molar-refractivity contribution in [3.8, 4) is 5.75 Å². The van der Waals surface area contributed by atoms with E-state index in [2.05, 4.69) is 4.90 Å². The highest BCUT2D eigenvalue weighted by Crippen LogP contribution is 2.40. The number of rotatable bonds is 8. The van der Waals surface area contributed by atoms with Crippen LogP contribution in [-0.2, 0) is 14.3 Å². The zero-order valence-corrected chi connectivity index (χ0v) is 20.6. The van der Waals surface area contributed by atoms with Crippen molar-refractivity contribution < 1.29 is 24.2 Å². The second-order valence-corrected chi connectivity index (χ2v) is 9.01. The molecule has 0 saturated carbocycles. The van der Waals surface area contributed by atoms with Crippen LogP contribution in [0.1, 0.15) is 23.6 Å². The molecule has 186 valence electrons. The molecule has 1 amide bonds. The summed E-state index contributed by atoms with van der Waals surface area (Å²) in [6.45, 7) is 4.39.